The summed E-state index contributed by atoms with van der Waals surface area (Å²) in [7, 11) is 0. The van der Waals surface area contributed by atoms with Crippen LogP contribution in [0.3, 0.4) is 0 Å². The van der Waals surface area contributed by atoms with Gasteiger partial charge in [0.05, 0.1) is 30.3 Å². The van der Waals surface area contributed by atoms with Crippen molar-refractivity contribution in [2.45, 2.75) is 37.8 Å². The maximum Gasteiger partial charge on any atom is 0.225 e. The van der Waals surface area contributed by atoms with Crippen LogP contribution in [0.25, 0.3) is 10.9 Å². The van der Waals surface area contributed by atoms with Gasteiger partial charge in [0.15, 0.2) is 0 Å². The number of pyridine rings is 2. The quantitative estimate of drug-likeness (QED) is 0.692. The first-order valence-corrected chi connectivity index (χ1v) is 10.6. The Morgan fingerprint density at radius 2 is 1.90 bits per heavy atom. The molecule has 0 atom stereocenters. The molecule has 3 aromatic heterocycles. The summed E-state index contributed by atoms with van der Waals surface area (Å²) in [6, 6.07) is 6.42. The van der Waals surface area contributed by atoms with E-state index in [1.165, 1.54) is 0 Å². The van der Waals surface area contributed by atoms with Crippen molar-refractivity contribution in [1.29, 1.82) is 0 Å². The number of nitrogens with zero attached hydrogens (tertiary/aromatic N) is 5. The van der Waals surface area contributed by atoms with Crippen molar-refractivity contribution in [1.82, 2.24) is 19.9 Å². The Bertz CT molecular complexity index is 972. The molecule has 1 aliphatic carbocycles. The van der Waals surface area contributed by atoms with E-state index in [2.05, 4.69) is 31.2 Å². The SMILES string of the molecule is c1cnc2cc(N3CCOCC3)nc(OC3CCC(Nc4cnccn4)CC3)c2c1. The van der Waals surface area contributed by atoms with E-state index in [0.29, 0.717) is 11.9 Å². The summed E-state index contributed by atoms with van der Waals surface area (Å²) in [4.78, 5) is 20.1. The highest BCUT2D eigenvalue weighted by Gasteiger charge is 2.24. The van der Waals surface area contributed by atoms with Crippen LogP contribution in [-0.2, 0) is 4.74 Å². The average Bonchev–Trinajstić information content (AvgIpc) is 2.81. The Labute approximate surface area is 175 Å². The highest BCUT2D eigenvalue weighted by atomic mass is 16.5. The Balaban J connectivity index is 1.29. The summed E-state index contributed by atoms with van der Waals surface area (Å²) in [6.45, 7) is 3.12. The van der Waals surface area contributed by atoms with Crippen LogP contribution in [0.5, 0.6) is 5.88 Å². The number of fused-ring (bicyclic) bond motifs is 1. The Hall–Kier alpha value is -3.00. The fourth-order valence-corrected chi connectivity index (χ4v) is 4.14. The zero-order chi connectivity index (χ0) is 20.2. The van der Waals surface area contributed by atoms with Crippen LogP contribution < -0.4 is 15.0 Å². The van der Waals surface area contributed by atoms with Crippen molar-refractivity contribution in [3.63, 3.8) is 0 Å². The molecule has 2 aliphatic rings. The van der Waals surface area contributed by atoms with Gasteiger partial charge in [-0.05, 0) is 37.8 Å². The van der Waals surface area contributed by atoms with Gasteiger partial charge in [-0.2, -0.15) is 4.98 Å². The number of rotatable bonds is 5. The minimum absolute atomic E-state index is 0.153. The summed E-state index contributed by atoms with van der Waals surface area (Å²) < 4.78 is 11.9. The molecule has 0 spiro atoms. The highest BCUT2D eigenvalue weighted by Crippen LogP contribution is 2.31. The normalized spacial score (nSPS) is 22.1. The molecule has 1 aliphatic heterocycles. The smallest absolute Gasteiger partial charge is 0.225 e. The molecule has 0 bridgehead atoms. The standard InChI is InChI=1S/C22H26N6O2/c1-2-18-19(24-7-1)14-21(28-10-12-29-13-11-28)27-22(18)30-17-5-3-16(4-6-17)26-20-15-23-8-9-25-20/h1-2,7-9,14-17H,3-6,10-13H2,(H,25,26). The number of hydrogen-bond acceptors (Lipinski definition) is 8. The molecule has 30 heavy (non-hydrogen) atoms. The fraction of sp³-hybridized carbons (Fsp3) is 0.455. The third-order valence-electron chi connectivity index (χ3n) is 5.75. The second kappa shape index (κ2) is 8.79. The molecule has 8 heteroatoms. The lowest BCUT2D eigenvalue weighted by atomic mass is 9.93. The van der Waals surface area contributed by atoms with Gasteiger partial charge in [0.2, 0.25) is 5.88 Å². The lowest BCUT2D eigenvalue weighted by molar-refractivity contribution is 0.122. The molecule has 0 unspecified atom stereocenters. The van der Waals surface area contributed by atoms with Crippen molar-refractivity contribution in [2.24, 2.45) is 0 Å². The van der Waals surface area contributed by atoms with Crippen molar-refractivity contribution in [3.05, 3.63) is 43.0 Å². The lowest BCUT2D eigenvalue weighted by Crippen LogP contribution is -2.37. The van der Waals surface area contributed by atoms with Crippen LogP contribution in [0, 0.1) is 0 Å². The number of hydrogen-bond donors (Lipinski definition) is 1. The van der Waals surface area contributed by atoms with Gasteiger partial charge in [-0.25, -0.2) is 4.98 Å². The summed E-state index contributed by atoms with van der Waals surface area (Å²) >= 11 is 0. The van der Waals surface area contributed by atoms with Gasteiger partial charge in [-0.1, -0.05) is 0 Å². The predicted octanol–water partition coefficient (Wildman–Crippen LogP) is 3.06. The van der Waals surface area contributed by atoms with E-state index in [9.17, 15) is 0 Å². The maximum absolute atomic E-state index is 6.43. The molecular formula is C22H26N6O2. The molecule has 0 amide bonds. The first-order chi connectivity index (χ1) is 14.8. The first kappa shape index (κ1) is 19.0. The molecule has 156 valence electrons. The molecule has 1 saturated carbocycles. The summed E-state index contributed by atoms with van der Waals surface area (Å²) in [5.41, 5.74) is 0.919. The van der Waals surface area contributed by atoms with Gasteiger partial charge < -0.3 is 19.7 Å². The van der Waals surface area contributed by atoms with E-state index in [0.717, 1.165) is 74.5 Å². The van der Waals surface area contributed by atoms with E-state index in [4.69, 9.17) is 14.5 Å². The monoisotopic (exact) mass is 406 g/mol. The summed E-state index contributed by atoms with van der Waals surface area (Å²) in [6.07, 6.45) is 11.1. The van der Waals surface area contributed by atoms with Gasteiger partial charge >= 0.3 is 0 Å². The van der Waals surface area contributed by atoms with E-state index in [1.807, 2.05) is 18.3 Å². The molecule has 2 fully saturated rings. The van der Waals surface area contributed by atoms with Crippen LogP contribution in [0.1, 0.15) is 25.7 Å². The Morgan fingerprint density at radius 1 is 1.03 bits per heavy atom. The van der Waals surface area contributed by atoms with Gasteiger partial charge in [0.1, 0.15) is 17.7 Å². The molecule has 1 saturated heterocycles. The summed E-state index contributed by atoms with van der Waals surface area (Å²) in [5.74, 6) is 2.43. The first-order valence-electron chi connectivity index (χ1n) is 10.6. The number of ether oxygens (including phenoxy) is 2. The third-order valence-corrected chi connectivity index (χ3v) is 5.75. The number of anilines is 2. The topological polar surface area (TPSA) is 85.3 Å². The van der Waals surface area contributed by atoms with Gasteiger partial charge in [0, 0.05) is 43.8 Å². The van der Waals surface area contributed by atoms with Crippen LogP contribution in [0.2, 0.25) is 0 Å². The van der Waals surface area contributed by atoms with Crippen LogP contribution in [-0.4, -0.2) is 58.4 Å². The van der Waals surface area contributed by atoms with Crippen LogP contribution >= 0.6 is 0 Å². The van der Waals surface area contributed by atoms with E-state index in [-0.39, 0.29) is 6.10 Å². The molecule has 1 N–H and O–H groups in total. The molecule has 4 heterocycles. The Morgan fingerprint density at radius 3 is 2.70 bits per heavy atom. The van der Waals surface area contributed by atoms with Crippen molar-refractivity contribution < 1.29 is 9.47 Å². The van der Waals surface area contributed by atoms with Gasteiger partial charge in [-0.15, -0.1) is 0 Å². The molecular weight excluding hydrogens is 380 g/mol. The maximum atomic E-state index is 6.43. The number of morpholine rings is 1. The minimum atomic E-state index is 0.153. The predicted molar refractivity (Wildman–Crippen MR) is 115 cm³/mol. The molecule has 3 aromatic rings. The zero-order valence-electron chi connectivity index (χ0n) is 16.9. The van der Waals surface area contributed by atoms with Crippen molar-refractivity contribution in [2.75, 3.05) is 36.5 Å². The highest BCUT2D eigenvalue weighted by molar-refractivity contribution is 5.85. The van der Waals surface area contributed by atoms with Gasteiger partial charge in [0.25, 0.3) is 0 Å². The van der Waals surface area contributed by atoms with Crippen LogP contribution in [0.4, 0.5) is 11.6 Å². The van der Waals surface area contributed by atoms with Crippen LogP contribution in [0.15, 0.2) is 43.0 Å². The molecule has 8 nitrogen and oxygen atoms in total. The van der Waals surface area contributed by atoms with E-state index >= 15 is 0 Å². The number of nitrogens with one attached hydrogen (secondary N) is 1. The van der Waals surface area contributed by atoms with Crippen molar-refractivity contribution >= 4 is 22.5 Å². The second-order valence-electron chi connectivity index (χ2n) is 7.78. The largest absolute Gasteiger partial charge is 0.474 e. The fourth-order valence-electron chi connectivity index (χ4n) is 4.14. The second-order valence-corrected chi connectivity index (χ2v) is 7.78. The third kappa shape index (κ3) is 4.28. The van der Waals surface area contributed by atoms with E-state index in [1.54, 1.807) is 18.6 Å². The average molecular weight is 406 g/mol. The van der Waals surface area contributed by atoms with Gasteiger partial charge in [-0.3, -0.25) is 9.97 Å². The van der Waals surface area contributed by atoms with Crippen molar-refractivity contribution in [3.8, 4) is 5.88 Å². The lowest BCUT2D eigenvalue weighted by Gasteiger charge is -2.31. The summed E-state index contributed by atoms with van der Waals surface area (Å²) in [5, 5.41) is 4.44. The zero-order valence-corrected chi connectivity index (χ0v) is 16.9. The van der Waals surface area contributed by atoms with E-state index < -0.39 is 0 Å². The molecule has 5 rings (SSSR count). The minimum Gasteiger partial charge on any atom is -0.474 e. The molecule has 0 radical (unpaired) electrons. The number of aromatic nitrogens is 4. The molecule has 0 aromatic carbocycles. The Kier molecular flexibility index (Phi) is 5.56.